The fraction of sp³-hybridized carbons (Fsp3) is 0.600. The van der Waals surface area contributed by atoms with Gasteiger partial charge in [0.05, 0.1) is 5.60 Å². The van der Waals surface area contributed by atoms with Gasteiger partial charge in [0.1, 0.15) is 0 Å². The van der Waals surface area contributed by atoms with Gasteiger partial charge in [0, 0.05) is 36.2 Å². The first-order chi connectivity index (χ1) is 11.1. The molecule has 2 aromatic rings. The molecule has 1 aromatic heterocycles. The van der Waals surface area contributed by atoms with Crippen molar-refractivity contribution < 1.29 is 4.74 Å². The van der Waals surface area contributed by atoms with E-state index in [-0.39, 0.29) is 5.60 Å². The average molecular weight is 314 g/mol. The minimum Gasteiger partial charge on any atom is -0.373 e. The molecule has 126 valence electrons. The number of fused-ring (bicyclic) bond motifs is 1. The third kappa shape index (κ3) is 2.70. The standard InChI is InChI=1S/C20H30N2O/c1-5-21-13-16-9-6-8-14(2)20(16,23-4)18-10-7-11-19-17(18)12-15(3)22-19/h7,10-12,14,16,21-22H,5-6,8-9,13H2,1-4H3/t14?,16-,20?/m0/s1. The van der Waals surface area contributed by atoms with Crippen LogP contribution in [0.5, 0.6) is 0 Å². The van der Waals surface area contributed by atoms with Crippen molar-refractivity contribution in [3.63, 3.8) is 0 Å². The molecule has 1 aliphatic rings. The maximum atomic E-state index is 6.35. The second kappa shape index (κ2) is 6.66. The van der Waals surface area contributed by atoms with Gasteiger partial charge >= 0.3 is 0 Å². The number of hydrogen-bond donors (Lipinski definition) is 2. The van der Waals surface area contributed by atoms with E-state index >= 15 is 0 Å². The Morgan fingerprint density at radius 1 is 1.35 bits per heavy atom. The molecule has 0 amide bonds. The summed E-state index contributed by atoms with van der Waals surface area (Å²) >= 11 is 0. The average Bonchev–Trinajstić information content (AvgIpc) is 2.93. The number of aromatic nitrogens is 1. The molecule has 1 aromatic carbocycles. The molecule has 0 radical (unpaired) electrons. The Morgan fingerprint density at radius 2 is 2.17 bits per heavy atom. The zero-order valence-electron chi connectivity index (χ0n) is 14.9. The van der Waals surface area contributed by atoms with Crippen LogP contribution >= 0.6 is 0 Å². The number of benzene rings is 1. The summed E-state index contributed by atoms with van der Waals surface area (Å²) in [6.45, 7) is 8.70. The van der Waals surface area contributed by atoms with Crippen molar-refractivity contribution in [1.82, 2.24) is 10.3 Å². The van der Waals surface area contributed by atoms with Gasteiger partial charge < -0.3 is 15.0 Å². The van der Waals surface area contributed by atoms with Crippen LogP contribution in [0.15, 0.2) is 24.3 Å². The van der Waals surface area contributed by atoms with E-state index in [1.807, 2.05) is 7.11 Å². The van der Waals surface area contributed by atoms with Crippen LogP contribution in [0.4, 0.5) is 0 Å². The number of aromatic amines is 1. The Morgan fingerprint density at radius 3 is 2.91 bits per heavy atom. The van der Waals surface area contributed by atoms with E-state index in [2.05, 4.69) is 55.3 Å². The quantitative estimate of drug-likeness (QED) is 0.860. The van der Waals surface area contributed by atoms with E-state index < -0.39 is 0 Å². The normalized spacial score (nSPS) is 28.3. The molecule has 23 heavy (non-hydrogen) atoms. The molecule has 2 unspecified atom stereocenters. The van der Waals surface area contributed by atoms with Crippen molar-refractivity contribution in [2.75, 3.05) is 20.2 Å². The molecule has 3 heteroatoms. The molecule has 0 saturated heterocycles. The highest BCUT2D eigenvalue weighted by Crippen LogP contribution is 2.49. The Kier molecular flexibility index (Phi) is 4.79. The van der Waals surface area contributed by atoms with E-state index in [1.165, 1.54) is 41.4 Å². The third-order valence-electron chi connectivity index (χ3n) is 5.73. The SMILES string of the molecule is CCNC[C@@H]1CCCC(C)C1(OC)c1cccc2[nH]c(C)cc12. The minimum absolute atomic E-state index is 0.200. The highest BCUT2D eigenvalue weighted by atomic mass is 16.5. The number of ether oxygens (including phenoxy) is 1. The van der Waals surface area contributed by atoms with Gasteiger partial charge in [0.2, 0.25) is 0 Å². The van der Waals surface area contributed by atoms with Crippen LogP contribution in [0, 0.1) is 18.8 Å². The summed E-state index contributed by atoms with van der Waals surface area (Å²) in [4.78, 5) is 3.48. The van der Waals surface area contributed by atoms with Crippen LogP contribution in [0.3, 0.4) is 0 Å². The van der Waals surface area contributed by atoms with Gasteiger partial charge in [-0.1, -0.05) is 32.4 Å². The van der Waals surface area contributed by atoms with Gasteiger partial charge in [0.15, 0.2) is 0 Å². The van der Waals surface area contributed by atoms with E-state index in [0.717, 1.165) is 13.1 Å². The fourth-order valence-electron chi connectivity index (χ4n) is 4.67. The van der Waals surface area contributed by atoms with Crippen molar-refractivity contribution in [1.29, 1.82) is 0 Å². The molecule has 1 fully saturated rings. The Balaban J connectivity index is 2.15. The molecule has 0 bridgehead atoms. The summed E-state index contributed by atoms with van der Waals surface area (Å²) < 4.78 is 6.35. The van der Waals surface area contributed by atoms with Crippen LogP contribution in [0.2, 0.25) is 0 Å². The second-order valence-corrected chi connectivity index (χ2v) is 7.05. The van der Waals surface area contributed by atoms with Gasteiger partial charge in [-0.05, 0) is 49.9 Å². The van der Waals surface area contributed by atoms with E-state index in [4.69, 9.17) is 4.74 Å². The molecule has 1 saturated carbocycles. The zero-order chi connectivity index (χ0) is 16.4. The molecule has 0 spiro atoms. The zero-order valence-corrected chi connectivity index (χ0v) is 14.9. The topological polar surface area (TPSA) is 37.0 Å². The first-order valence-corrected chi connectivity index (χ1v) is 8.98. The summed E-state index contributed by atoms with van der Waals surface area (Å²) in [5.41, 5.74) is 3.59. The number of hydrogen-bond acceptors (Lipinski definition) is 2. The lowest BCUT2D eigenvalue weighted by atomic mass is 9.65. The van der Waals surface area contributed by atoms with Gasteiger partial charge in [-0.3, -0.25) is 0 Å². The van der Waals surface area contributed by atoms with Gasteiger partial charge in [-0.25, -0.2) is 0 Å². The number of rotatable bonds is 5. The number of aryl methyl sites for hydroxylation is 1. The minimum atomic E-state index is -0.200. The summed E-state index contributed by atoms with van der Waals surface area (Å²) in [6.07, 6.45) is 3.76. The van der Waals surface area contributed by atoms with E-state index in [9.17, 15) is 0 Å². The highest BCUT2D eigenvalue weighted by Gasteiger charge is 2.47. The largest absolute Gasteiger partial charge is 0.373 e. The molecule has 3 rings (SSSR count). The van der Waals surface area contributed by atoms with E-state index in [1.54, 1.807) is 0 Å². The van der Waals surface area contributed by atoms with Gasteiger partial charge in [0.25, 0.3) is 0 Å². The predicted molar refractivity (Wildman–Crippen MR) is 96.8 cm³/mol. The van der Waals surface area contributed by atoms with Crippen molar-refractivity contribution in [2.24, 2.45) is 11.8 Å². The van der Waals surface area contributed by atoms with Crippen LogP contribution in [-0.4, -0.2) is 25.2 Å². The summed E-state index contributed by atoms with van der Waals surface area (Å²) in [5, 5.41) is 4.88. The van der Waals surface area contributed by atoms with Crippen molar-refractivity contribution >= 4 is 10.9 Å². The van der Waals surface area contributed by atoms with Crippen LogP contribution < -0.4 is 5.32 Å². The van der Waals surface area contributed by atoms with Crippen molar-refractivity contribution in [3.05, 3.63) is 35.5 Å². The molecule has 3 nitrogen and oxygen atoms in total. The smallest absolute Gasteiger partial charge is 0.0999 e. The summed E-state index contributed by atoms with van der Waals surface area (Å²) in [5.74, 6) is 1.03. The maximum absolute atomic E-state index is 6.35. The number of H-pyrrole nitrogens is 1. The van der Waals surface area contributed by atoms with Crippen molar-refractivity contribution in [2.45, 2.75) is 45.6 Å². The number of methoxy groups -OCH3 is 1. The number of nitrogens with one attached hydrogen (secondary N) is 2. The van der Waals surface area contributed by atoms with Crippen molar-refractivity contribution in [3.8, 4) is 0 Å². The molecule has 0 aliphatic heterocycles. The molecule has 1 heterocycles. The van der Waals surface area contributed by atoms with E-state index in [0.29, 0.717) is 11.8 Å². The molecule has 3 atom stereocenters. The van der Waals surface area contributed by atoms with Gasteiger partial charge in [-0.15, -0.1) is 0 Å². The van der Waals surface area contributed by atoms with Crippen LogP contribution in [0.1, 0.15) is 44.4 Å². The maximum Gasteiger partial charge on any atom is 0.0999 e. The lowest BCUT2D eigenvalue weighted by Crippen LogP contribution is -2.49. The second-order valence-electron chi connectivity index (χ2n) is 7.05. The lowest BCUT2D eigenvalue weighted by molar-refractivity contribution is -0.124. The highest BCUT2D eigenvalue weighted by molar-refractivity contribution is 5.85. The molecular formula is C20H30N2O. The first kappa shape index (κ1) is 16.5. The first-order valence-electron chi connectivity index (χ1n) is 8.98. The van der Waals surface area contributed by atoms with Gasteiger partial charge in [-0.2, -0.15) is 0 Å². The monoisotopic (exact) mass is 314 g/mol. The lowest BCUT2D eigenvalue weighted by Gasteiger charge is -2.48. The van der Waals surface area contributed by atoms with Crippen LogP contribution in [0.25, 0.3) is 10.9 Å². The van der Waals surface area contributed by atoms with Crippen LogP contribution in [-0.2, 0) is 10.3 Å². The molecule has 1 aliphatic carbocycles. The molecular weight excluding hydrogens is 284 g/mol. The fourth-order valence-corrected chi connectivity index (χ4v) is 4.67. The predicted octanol–water partition coefficient (Wildman–Crippen LogP) is 4.36. The molecule has 2 N–H and O–H groups in total. The summed E-state index contributed by atoms with van der Waals surface area (Å²) in [7, 11) is 1.90. The Bertz CT molecular complexity index is 663. The Labute approximate surface area is 139 Å². The Hall–Kier alpha value is -1.32. The third-order valence-corrected chi connectivity index (χ3v) is 5.73. The summed E-state index contributed by atoms with van der Waals surface area (Å²) in [6, 6.07) is 8.89.